The van der Waals surface area contributed by atoms with E-state index in [0.717, 1.165) is 38.0 Å². The van der Waals surface area contributed by atoms with Gasteiger partial charge >= 0.3 is 0 Å². The number of carbonyl (C=O) groups excluding carboxylic acids is 1. The molecule has 110 valence electrons. The molecule has 0 aromatic carbocycles. The number of hydrogen-bond acceptors (Lipinski definition) is 4. The third-order valence-electron chi connectivity index (χ3n) is 5.51. The van der Waals surface area contributed by atoms with E-state index >= 15 is 0 Å². The Morgan fingerprint density at radius 1 is 1.15 bits per heavy atom. The van der Waals surface area contributed by atoms with Crippen molar-refractivity contribution in [3.63, 3.8) is 0 Å². The van der Waals surface area contributed by atoms with Gasteiger partial charge in [0.05, 0.1) is 18.1 Å². The van der Waals surface area contributed by atoms with E-state index in [1.54, 1.807) is 0 Å². The lowest BCUT2D eigenvalue weighted by Gasteiger charge is -2.54. The highest BCUT2D eigenvalue weighted by molar-refractivity contribution is 5.83. The molecule has 4 aliphatic rings. The smallest absolute Gasteiger partial charge is 0.231 e. The van der Waals surface area contributed by atoms with Gasteiger partial charge in [-0.1, -0.05) is 0 Å². The minimum absolute atomic E-state index is 0.0380. The van der Waals surface area contributed by atoms with Crippen LogP contribution < -0.4 is 0 Å². The first-order valence-corrected chi connectivity index (χ1v) is 7.77. The van der Waals surface area contributed by atoms with E-state index in [4.69, 9.17) is 0 Å². The summed E-state index contributed by atoms with van der Waals surface area (Å²) in [6.45, 7) is 2.51. The van der Waals surface area contributed by atoms with Crippen LogP contribution in [0.1, 0.15) is 25.7 Å². The zero-order valence-corrected chi connectivity index (χ0v) is 11.6. The fourth-order valence-electron chi connectivity index (χ4n) is 4.53. The third-order valence-corrected chi connectivity index (χ3v) is 5.51. The fourth-order valence-corrected chi connectivity index (χ4v) is 4.53. The predicted molar refractivity (Wildman–Crippen MR) is 72.6 cm³/mol. The van der Waals surface area contributed by atoms with Crippen molar-refractivity contribution in [1.29, 1.82) is 0 Å². The van der Waals surface area contributed by atoms with E-state index in [-0.39, 0.29) is 24.0 Å². The molecule has 2 bridgehead atoms. The molecule has 3 saturated heterocycles. The van der Waals surface area contributed by atoms with E-state index in [2.05, 4.69) is 4.90 Å². The highest BCUT2D eigenvalue weighted by Crippen LogP contribution is 2.43. The number of aliphatic hydroxyl groups excluding tert-OH is 2. The van der Waals surface area contributed by atoms with Gasteiger partial charge < -0.3 is 15.1 Å². The van der Waals surface area contributed by atoms with Gasteiger partial charge in [-0.05, 0) is 31.8 Å². The van der Waals surface area contributed by atoms with Crippen LogP contribution in [0.3, 0.4) is 0 Å². The molecule has 0 aliphatic carbocycles. The van der Waals surface area contributed by atoms with Crippen LogP contribution in [0.5, 0.6) is 0 Å². The van der Waals surface area contributed by atoms with Crippen molar-refractivity contribution in [2.75, 3.05) is 19.6 Å². The molecule has 5 nitrogen and oxygen atoms in total. The SMILES string of the molecule is O=C1C2CC(CN3CCC(O)CC23)C2=CC(O)CCN12. The van der Waals surface area contributed by atoms with Crippen molar-refractivity contribution in [3.05, 3.63) is 11.8 Å². The maximum Gasteiger partial charge on any atom is 0.231 e. The Labute approximate surface area is 118 Å². The first-order chi connectivity index (χ1) is 9.63. The summed E-state index contributed by atoms with van der Waals surface area (Å²) in [5.41, 5.74) is 1.05. The average molecular weight is 278 g/mol. The second kappa shape index (κ2) is 4.55. The molecule has 2 N–H and O–H groups in total. The first kappa shape index (κ1) is 12.8. The standard InChI is InChI=1S/C15H22N2O3/c18-10-1-3-16-8-9-5-12(14(16)7-10)15(20)17-4-2-11(19)6-13(9)17/h6,9-12,14,18-19H,1-5,7-8H2. The van der Waals surface area contributed by atoms with E-state index < -0.39 is 6.10 Å². The minimum atomic E-state index is -0.397. The summed E-state index contributed by atoms with van der Waals surface area (Å²) < 4.78 is 0. The topological polar surface area (TPSA) is 64.0 Å². The molecule has 5 atom stereocenters. The fraction of sp³-hybridized carbons (Fsp3) is 0.800. The molecule has 0 aromatic rings. The molecule has 20 heavy (non-hydrogen) atoms. The summed E-state index contributed by atoms with van der Waals surface area (Å²) in [6, 6.07) is 0.218. The second-order valence-electron chi connectivity index (χ2n) is 6.72. The molecule has 4 rings (SSSR count). The summed E-state index contributed by atoms with van der Waals surface area (Å²) in [5.74, 6) is 0.624. The maximum atomic E-state index is 12.7. The van der Waals surface area contributed by atoms with Crippen molar-refractivity contribution in [2.45, 2.75) is 43.9 Å². The Bertz CT molecular complexity index is 464. The van der Waals surface area contributed by atoms with Crippen LogP contribution in [0, 0.1) is 11.8 Å². The summed E-state index contributed by atoms with van der Waals surface area (Å²) in [5, 5.41) is 19.7. The number of aliphatic hydroxyl groups is 2. The van der Waals surface area contributed by atoms with Gasteiger partial charge in [-0.2, -0.15) is 0 Å². The second-order valence-corrected chi connectivity index (χ2v) is 6.72. The number of carbonyl (C=O) groups is 1. The van der Waals surface area contributed by atoms with Crippen LogP contribution in [-0.2, 0) is 4.79 Å². The number of piperidine rings is 3. The maximum absolute atomic E-state index is 12.7. The first-order valence-electron chi connectivity index (χ1n) is 7.77. The Balaban J connectivity index is 1.66. The van der Waals surface area contributed by atoms with Crippen LogP contribution >= 0.6 is 0 Å². The molecule has 5 heteroatoms. The molecule has 0 saturated carbocycles. The van der Waals surface area contributed by atoms with Crippen molar-refractivity contribution in [2.24, 2.45) is 11.8 Å². The molecular formula is C15H22N2O3. The Kier molecular flexibility index (Phi) is 2.91. The highest BCUT2D eigenvalue weighted by Gasteiger charge is 2.50. The molecule has 0 aromatic heterocycles. The highest BCUT2D eigenvalue weighted by atomic mass is 16.3. The van der Waals surface area contributed by atoms with Crippen molar-refractivity contribution >= 4 is 5.91 Å². The molecule has 3 fully saturated rings. The molecule has 4 heterocycles. The molecule has 0 radical (unpaired) electrons. The van der Waals surface area contributed by atoms with Gasteiger partial charge in [-0.3, -0.25) is 9.69 Å². The van der Waals surface area contributed by atoms with Gasteiger partial charge in [-0.25, -0.2) is 0 Å². The number of rotatable bonds is 0. The van der Waals surface area contributed by atoms with Crippen LogP contribution in [0.4, 0.5) is 0 Å². The quantitative estimate of drug-likeness (QED) is 0.651. The predicted octanol–water partition coefficient (Wildman–Crippen LogP) is -0.0615. The lowest BCUT2D eigenvalue weighted by Crippen LogP contribution is -2.62. The summed E-state index contributed by atoms with van der Waals surface area (Å²) in [7, 11) is 0. The average Bonchev–Trinajstić information content (AvgIpc) is 2.44. The molecule has 1 amide bonds. The van der Waals surface area contributed by atoms with Crippen LogP contribution in [-0.4, -0.2) is 63.8 Å². The van der Waals surface area contributed by atoms with Gasteiger partial charge in [0, 0.05) is 37.3 Å². The van der Waals surface area contributed by atoms with Gasteiger partial charge in [0.15, 0.2) is 0 Å². The van der Waals surface area contributed by atoms with Gasteiger partial charge in [-0.15, -0.1) is 0 Å². The van der Waals surface area contributed by atoms with Crippen LogP contribution in [0.25, 0.3) is 0 Å². The Morgan fingerprint density at radius 2 is 2.00 bits per heavy atom. The number of amides is 1. The zero-order chi connectivity index (χ0) is 13.9. The zero-order valence-electron chi connectivity index (χ0n) is 11.6. The largest absolute Gasteiger partial charge is 0.393 e. The number of nitrogens with zero attached hydrogens (tertiary/aromatic N) is 2. The number of hydrogen-bond donors (Lipinski definition) is 2. The molecule has 0 spiro atoms. The molecule has 4 aliphatic heterocycles. The van der Waals surface area contributed by atoms with Crippen molar-refractivity contribution in [3.8, 4) is 0 Å². The van der Waals surface area contributed by atoms with Gasteiger partial charge in [0.25, 0.3) is 0 Å². The van der Waals surface area contributed by atoms with Gasteiger partial charge in [0.1, 0.15) is 0 Å². The lowest BCUT2D eigenvalue weighted by molar-refractivity contribution is -0.147. The van der Waals surface area contributed by atoms with Gasteiger partial charge in [0.2, 0.25) is 5.91 Å². The summed E-state index contributed by atoms with van der Waals surface area (Å²) in [4.78, 5) is 17.0. The van der Waals surface area contributed by atoms with E-state index in [1.165, 1.54) is 0 Å². The summed E-state index contributed by atoms with van der Waals surface area (Å²) in [6.07, 6.45) is 4.33. The van der Waals surface area contributed by atoms with Crippen LogP contribution in [0.2, 0.25) is 0 Å². The molecular weight excluding hydrogens is 256 g/mol. The number of fused-ring (bicyclic) bond motifs is 6. The van der Waals surface area contributed by atoms with Crippen molar-refractivity contribution < 1.29 is 15.0 Å². The normalized spacial score (nSPS) is 44.7. The van der Waals surface area contributed by atoms with Crippen LogP contribution in [0.15, 0.2) is 11.8 Å². The third kappa shape index (κ3) is 1.84. The monoisotopic (exact) mass is 278 g/mol. The lowest BCUT2D eigenvalue weighted by atomic mass is 9.73. The minimum Gasteiger partial charge on any atom is -0.393 e. The van der Waals surface area contributed by atoms with E-state index in [9.17, 15) is 15.0 Å². The molecule has 5 unspecified atom stereocenters. The van der Waals surface area contributed by atoms with E-state index in [0.29, 0.717) is 18.9 Å². The van der Waals surface area contributed by atoms with Crippen molar-refractivity contribution in [1.82, 2.24) is 9.80 Å². The van der Waals surface area contributed by atoms with E-state index in [1.807, 2.05) is 11.0 Å². The summed E-state index contributed by atoms with van der Waals surface area (Å²) >= 11 is 0. The Morgan fingerprint density at radius 3 is 2.85 bits per heavy atom. The Hall–Kier alpha value is -0.910.